The molecular formula is C18H20BrN3O. The smallest absolute Gasteiger partial charge is 0.251 e. The normalized spacial score (nSPS) is 15.2. The first-order valence-electron chi connectivity index (χ1n) is 8.00. The van der Waals surface area contributed by atoms with Crippen LogP contribution < -0.4 is 10.6 Å². The highest BCUT2D eigenvalue weighted by molar-refractivity contribution is 9.10. The molecule has 0 bridgehead atoms. The van der Waals surface area contributed by atoms with Crippen LogP contribution in [-0.2, 0) is 0 Å². The molecule has 2 N–H and O–H groups in total. The Bertz CT molecular complexity index is 666. The van der Waals surface area contributed by atoms with Gasteiger partial charge in [-0.1, -0.05) is 35.2 Å². The zero-order chi connectivity index (χ0) is 16.1. The van der Waals surface area contributed by atoms with Gasteiger partial charge in [0.25, 0.3) is 5.91 Å². The molecule has 0 atom stereocenters. The van der Waals surface area contributed by atoms with Crippen LogP contribution in [0.2, 0.25) is 0 Å². The van der Waals surface area contributed by atoms with Gasteiger partial charge in [-0.05, 0) is 49.2 Å². The van der Waals surface area contributed by atoms with Crippen molar-refractivity contribution < 1.29 is 4.79 Å². The lowest BCUT2D eigenvalue weighted by Crippen LogP contribution is -2.36. The highest BCUT2D eigenvalue weighted by atomic mass is 79.9. The van der Waals surface area contributed by atoms with Crippen LogP contribution in [0.3, 0.4) is 0 Å². The fourth-order valence-electron chi connectivity index (χ4n) is 2.84. The van der Waals surface area contributed by atoms with Crippen LogP contribution in [-0.4, -0.2) is 16.9 Å². The van der Waals surface area contributed by atoms with Crippen LogP contribution in [0.5, 0.6) is 0 Å². The van der Waals surface area contributed by atoms with E-state index in [1.165, 1.54) is 19.3 Å². The Labute approximate surface area is 144 Å². The number of anilines is 2. The SMILES string of the molecule is O=C(NC1CCCCC1)c1ccnc(Nc2ccc(Br)cc2)c1. The average molecular weight is 374 g/mol. The Morgan fingerprint density at radius 2 is 1.83 bits per heavy atom. The molecule has 120 valence electrons. The number of hydrogen-bond donors (Lipinski definition) is 2. The van der Waals surface area contributed by atoms with E-state index in [-0.39, 0.29) is 5.91 Å². The molecule has 1 aromatic carbocycles. The van der Waals surface area contributed by atoms with E-state index in [2.05, 4.69) is 31.5 Å². The fourth-order valence-corrected chi connectivity index (χ4v) is 3.10. The zero-order valence-corrected chi connectivity index (χ0v) is 14.5. The summed E-state index contributed by atoms with van der Waals surface area (Å²) in [6, 6.07) is 11.7. The molecule has 5 heteroatoms. The molecule has 1 aliphatic carbocycles. The van der Waals surface area contributed by atoms with Crippen LogP contribution >= 0.6 is 15.9 Å². The van der Waals surface area contributed by atoms with Crippen molar-refractivity contribution in [3.8, 4) is 0 Å². The van der Waals surface area contributed by atoms with E-state index in [1.807, 2.05) is 24.3 Å². The molecule has 1 aliphatic rings. The highest BCUT2D eigenvalue weighted by Gasteiger charge is 2.16. The van der Waals surface area contributed by atoms with Crippen molar-refractivity contribution >= 4 is 33.3 Å². The number of benzene rings is 1. The topological polar surface area (TPSA) is 54.0 Å². The van der Waals surface area contributed by atoms with E-state index in [0.29, 0.717) is 17.4 Å². The molecule has 23 heavy (non-hydrogen) atoms. The lowest BCUT2D eigenvalue weighted by atomic mass is 9.95. The summed E-state index contributed by atoms with van der Waals surface area (Å²) in [5, 5.41) is 6.35. The van der Waals surface area contributed by atoms with Crippen molar-refractivity contribution in [3.05, 3.63) is 52.6 Å². The molecule has 4 nitrogen and oxygen atoms in total. The standard InChI is InChI=1S/C18H20BrN3O/c19-14-6-8-16(9-7-14)21-17-12-13(10-11-20-17)18(23)22-15-4-2-1-3-5-15/h6-12,15H,1-5H2,(H,20,21)(H,22,23). The van der Waals surface area contributed by atoms with Crippen molar-refractivity contribution in [2.45, 2.75) is 38.1 Å². The molecule has 1 fully saturated rings. The van der Waals surface area contributed by atoms with E-state index in [9.17, 15) is 4.79 Å². The first-order chi connectivity index (χ1) is 11.2. The minimum absolute atomic E-state index is 0.0156. The lowest BCUT2D eigenvalue weighted by Gasteiger charge is -2.22. The molecule has 2 aromatic rings. The van der Waals surface area contributed by atoms with Gasteiger partial charge in [-0.3, -0.25) is 4.79 Å². The Morgan fingerprint density at radius 3 is 2.57 bits per heavy atom. The molecule has 0 aliphatic heterocycles. The van der Waals surface area contributed by atoms with E-state index >= 15 is 0 Å². The molecular weight excluding hydrogens is 354 g/mol. The number of nitrogens with one attached hydrogen (secondary N) is 2. The molecule has 0 saturated heterocycles. The van der Waals surface area contributed by atoms with Crippen molar-refractivity contribution in [2.24, 2.45) is 0 Å². The molecule has 0 radical (unpaired) electrons. The largest absolute Gasteiger partial charge is 0.349 e. The van der Waals surface area contributed by atoms with Gasteiger partial charge in [-0.25, -0.2) is 4.98 Å². The number of aromatic nitrogens is 1. The van der Waals surface area contributed by atoms with Crippen molar-refractivity contribution in [1.82, 2.24) is 10.3 Å². The van der Waals surface area contributed by atoms with E-state index < -0.39 is 0 Å². The third-order valence-corrected chi connectivity index (χ3v) is 4.61. The molecule has 1 saturated carbocycles. The Balaban J connectivity index is 1.66. The minimum Gasteiger partial charge on any atom is -0.349 e. The molecule has 1 aromatic heterocycles. The maximum absolute atomic E-state index is 12.4. The average Bonchev–Trinajstić information content (AvgIpc) is 2.58. The Kier molecular flexibility index (Phi) is 5.28. The molecule has 0 unspecified atom stereocenters. The lowest BCUT2D eigenvalue weighted by molar-refractivity contribution is 0.0927. The predicted molar refractivity (Wildman–Crippen MR) is 96.0 cm³/mol. The maximum atomic E-state index is 12.4. The van der Waals surface area contributed by atoms with Crippen molar-refractivity contribution in [2.75, 3.05) is 5.32 Å². The Morgan fingerprint density at radius 1 is 1.09 bits per heavy atom. The van der Waals surface area contributed by atoms with Crippen LogP contribution in [0.25, 0.3) is 0 Å². The van der Waals surface area contributed by atoms with Gasteiger partial charge < -0.3 is 10.6 Å². The van der Waals surface area contributed by atoms with Crippen molar-refractivity contribution in [3.63, 3.8) is 0 Å². The Hall–Kier alpha value is -1.88. The third-order valence-electron chi connectivity index (χ3n) is 4.08. The van der Waals surface area contributed by atoms with E-state index in [4.69, 9.17) is 0 Å². The van der Waals surface area contributed by atoms with Gasteiger partial charge in [-0.2, -0.15) is 0 Å². The number of rotatable bonds is 4. The molecule has 0 spiro atoms. The highest BCUT2D eigenvalue weighted by Crippen LogP contribution is 2.20. The number of carbonyl (C=O) groups excluding carboxylic acids is 1. The summed E-state index contributed by atoms with van der Waals surface area (Å²) < 4.78 is 1.02. The summed E-state index contributed by atoms with van der Waals surface area (Å²) >= 11 is 3.41. The van der Waals surface area contributed by atoms with Gasteiger partial charge in [0.05, 0.1) is 0 Å². The van der Waals surface area contributed by atoms with Crippen LogP contribution in [0.15, 0.2) is 47.1 Å². The summed E-state index contributed by atoms with van der Waals surface area (Å²) in [7, 11) is 0. The van der Waals surface area contributed by atoms with E-state index in [1.54, 1.807) is 18.3 Å². The number of pyridine rings is 1. The number of nitrogens with zero attached hydrogens (tertiary/aromatic N) is 1. The minimum atomic E-state index is -0.0156. The first-order valence-corrected chi connectivity index (χ1v) is 8.79. The summed E-state index contributed by atoms with van der Waals surface area (Å²) in [5.41, 5.74) is 1.58. The summed E-state index contributed by atoms with van der Waals surface area (Å²) in [5.74, 6) is 0.654. The van der Waals surface area contributed by atoms with Gasteiger partial charge in [-0.15, -0.1) is 0 Å². The van der Waals surface area contributed by atoms with Gasteiger partial charge in [0.2, 0.25) is 0 Å². The summed E-state index contributed by atoms with van der Waals surface area (Å²) in [6.45, 7) is 0. The predicted octanol–water partition coefficient (Wildman–Crippen LogP) is 4.65. The van der Waals surface area contributed by atoms with Gasteiger partial charge in [0.1, 0.15) is 5.82 Å². The zero-order valence-electron chi connectivity index (χ0n) is 12.9. The van der Waals surface area contributed by atoms with Crippen LogP contribution in [0, 0.1) is 0 Å². The summed E-state index contributed by atoms with van der Waals surface area (Å²) in [6.07, 6.45) is 7.52. The molecule has 1 amide bonds. The van der Waals surface area contributed by atoms with Crippen LogP contribution in [0.4, 0.5) is 11.5 Å². The molecule has 3 rings (SSSR count). The van der Waals surface area contributed by atoms with Crippen molar-refractivity contribution in [1.29, 1.82) is 0 Å². The number of carbonyl (C=O) groups is 1. The van der Waals surface area contributed by atoms with Gasteiger partial charge >= 0.3 is 0 Å². The second-order valence-electron chi connectivity index (χ2n) is 5.87. The number of halogens is 1. The molecule has 1 heterocycles. The quantitative estimate of drug-likeness (QED) is 0.819. The number of hydrogen-bond acceptors (Lipinski definition) is 3. The first kappa shape index (κ1) is 16.0. The second-order valence-corrected chi connectivity index (χ2v) is 6.79. The third kappa shape index (κ3) is 4.55. The van der Waals surface area contributed by atoms with E-state index in [0.717, 1.165) is 23.0 Å². The maximum Gasteiger partial charge on any atom is 0.251 e. The van der Waals surface area contributed by atoms with Gasteiger partial charge in [0, 0.05) is 28.0 Å². The monoisotopic (exact) mass is 373 g/mol. The summed E-state index contributed by atoms with van der Waals surface area (Å²) in [4.78, 5) is 16.7. The van der Waals surface area contributed by atoms with Crippen LogP contribution in [0.1, 0.15) is 42.5 Å². The second kappa shape index (κ2) is 7.59. The number of amides is 1. The fraction of sp³-hybridized carbons (Fsp3) is 0.333. The van der Waals surface area contributed by atoms with Gasteiger partial charge in [0.15, 0.2) is 0 Å².